The van der Waals surface area contributed by atoms with Crippen LogP contribution in [0, 0.1) is 0 Å². The molecule has 0 saturated carbocycles. The largest absolute Gasteiger partial charge is 0.462 e. The fourth-order valence-electron chi connectivity index (χ4n) is 8.38. The van der Waals surface area contributed by atoms with Gasteiger partial charge in [0.15, 0.2) is 6.10 Å². The molecule has 0 aromatic rings. The number of esters is 3. The molecule has 1 atom stereocenters. The molecule has 0 radical (unpaired) electrons. The van der Waals surface area contributed by atoms with Gasteiger partial charge in [0.05, 0.1) is 0 Å². The van der Waals surface area contributed by atoms with Gasteiger partial charge >= 0.3 is 17.9 Å². The third-order valence-electron chi connectivity index (χ3n) is 12.9. The van der Waals surface area contributed by atoms with Crippen molar-refractivity contribution in [2.24, 2.45) is 0 Å². The van der Waals surface area contributed by atoms with Crippen LogP contribution in [0.5, 0.6) is 0 Å². The highest BCUT2D eigenvalue weighted by Crippen LogP contribution is 2.16. The van der Waals surface area contributed by atoms with E-state index in [4.69, 9.17) is 14.2 Å². The smallest absolute Gasteiger partial charge is 0.306 e. The van der Waals surface area contributed by atoms with Crippen molar-refractivity contribution in [1.82, 2.24) is 0 Å². The second kappa shape index (κ2) is 59.2. The first-order valence-corrected chi connectivity index (χ1v) is 30.1. The van der Waals surface area contributed by atoms with Crippen LogP contribution in [0.3, 0.4) is 0 Å². The van der Waals surface area contributed by atoms with Crippen molar-refractivity contribution in [3.05, 3.63) is 85.1 Å². The molecule has 6 heteroatoms. The zero-order chi connectivity index (χ0) is 51.4. The molecule has 0 aliphatic heterocycles. The van der Waals surface area contributed by atoms with Gasteiger partial charge in [-0.3, -0.25) is 14.4 Å². The summed E-state index contributed by atoms with van der Waals surface area (Å²) in [6.07, 6.45) is 77.1. The van der Waals surface area contributed by atoms with Crippen molar-refractivity contribution >= 4 is 17.9 Å². The molecule has 6 nitrogen and oxygen atoms in total. The van der Waals surface area contributed by atoms with E-state index in [1.54, 1.807) is 0 Å². The first-order chi connectivity index (χ1) is 35.0. The van der Waals surface area contributed by atoms with Gasteiger partial charge < -0.3 is 14.2 Å². The van der Waals surface area contributed by atoms with Gasteiger partial charge in [-0.15, -0.1) is 0 Å². The van der Waals surface area contributed by atoms with Crippen molar-refractivity contribution in [2.45, 2.75) is 297 Å². The van der Waals surface area contributed by atoms with E-state index >= 15 is 0 Å². The summed E-state index contributed by atoms with van der Waals surface area (Å²) < 4.78 is 16.9. The molecule has 0 aliphatic rings. The number of hydrogen-bond acceptors (Lipinski definition) is 6. The molecule has 0 aliphatic carbocycles. The van der Waals surface area contributed by atoms with Crippen molar-refractivity contribution < 1.29 is 28.6 Å². The van der Waals surface area contributed by atoms with E-state index in [0.29, 0.717) is 19.3 Å². The van der Waals surface area contributed by atoms with E-state index in [-0.39, 0.29) is 31.1 Å². The Morgan fingerprint density at radius 1 is 0.296 bits per heavy atom. The number of ether oxygens (including phenoxy) is 3. The Labute approximate surface area is 439 Å². The molecule has 0 aromatic heterocycles. The minimum Gasteiger partial charge on any atom is -0.462 e. The number of unbranched alkanes of at least 4 members (excludes halogenated alkanes) is 29. The van der Waals surface area contributed by atoms with E-state index in [2.05, 4.69) is 106 Å². The summed E-state index contributed by atoms with van der Waals surface area (Å²) in [5.41, 5.74) is 0. The van der Waals surface area contributed by atoms with Crippen LogP contribution < -0.4 is 0 Å². The van der Waals surface area contributed by atoms with Crippen LogP contribution in [-0.4, -0.2) is 37.2 Å². The fraction of sp³-hybridized carbons (Fsp3) is 0.738. The molecule has 71 heavy (non-hydrogen) atoms. The monoisotopic (exact) mass is 989 g/mol. The van der Waals surface area contributed by atoms with Crippen molar-refractivity contribution in [1.29, 1.82) is 0 Å². The summed E-state index contributed by atoms with van der Waals surface area (Å²) in [4.78, 5) is 38.2. The molecule has 0 bridgehead atoms. The minimum absolute atomic E-state index is 0.0883. The van der Waals surface area contributed by atoms with E-state index in [1.807, 2.05) is 0 Å². The molecular formula is C65H112O6. The van der Waals surface area contributed by atoms with Gasteiger partial charge in [-0.2, -0.15) is 0 Å². The normalized spacial score (nSPS) is 12.7. The Kier molecular flexibility index (Phi) is 56.3. The van der Waals surface area contributed by atoms with Gasteiger partial charge in [0.2, 0.25) is 0 Å². The second-order valence-corrected chi connectivity index (χ2v) is 19.9. The first-order valence-electron chi connectivity index (χ1n) is 30.1. The lowest BCUT2D eigenvalue weighted by molar-refractivity contribution is -0.167. The zero-order valence-corrected chi connectivity index (χ0v) is 46.7. The molecule has 0 aromatic carbocycles. The maximum absolute atomic E-state index is 12.9. The van der Waals surface area contributed by atoms with E-state index in [0.717, 1.165) is 109 Å². The average molecular weight is 990 g/mol. The Morgan fingerprint density at radius 3 is 0.901 bits per heavy atom. The van der Waals surface area contributed by atoms with Crippen LogP contribution in [-0.2, 0) is 28.6 Å². The SMILES string of the molecule is CC/C=C\C/C=C\C/C=C\C/C=C\C/C=C\CCCCCC(=O)OCC(COC(=O)CCCCCCCCCCCCCCCCCCC)OC(=O)CCCCCCCCC/C=C\C/C=C\CCCCC. The minimum atomic E-state index is -0.794. The lowest BCUT2D eigenvalue weighted by Crippen LogP contribution is -2.30. The van der Waals surface area contributed by atoms with Crippen molar-refractivity contribution in [3.63, 3.8) is 0 Å². The second-order valence-electron chi connectivity index (χ2n) is 19.9. The van der Waals surface area contributed by atoms with Crippen LogP contribution in [0.1, 0.15) is 290 Å². The number of hydrogen-bond donors (Lipinski definition) is 0. The van der Waals surface area contributed by atoms with E-state index in [1.165, 1.54) is 141 Å². The molecule has 408 valence electrons. The quantitative estimate of drug-likeness (QED) is 0.0261. The van der Waals surface area contributed by atoms with E-state index < -0.39 is 6.10 Å². The van der Waals surface area contributed by atoms with Gasteiger partial charge in [0, 0.05) is 19.3 Å². The molecule has 0 N–H and O–H groups in total. The summed E-state index contributed by atoms with van der Waals surface area (Å²) in [5, 5.41) is 0. The summed E-state index contributed by atoms with van der Waals surface area (Å²) >= 11 is 0. The molecular weight excluding hydrogens is 877 g/mol. The van der Waals surface area contributed by atoms with Crippen LogP contribution in [0.15, 0.2) is 85.1 Å². The third kappa shape index (κ3) is 57.4. The molecule has 0 spiro atoms. The van der Waals surface area contributed by atoms with Crippen molar-refractivity contribution in [3.8, 4) is 0 Å². The van der Waals surface area contributed by atoms with Crippen LogP contribution >= 0.6 is 0 Å². The highest BCUT2D eigenvalue weighted by Gasteiger charge is 2.19. The highest BCUT2D eigenvalue weighted by atomic mass is 16.6. The van der Waals surface area contributed by atoms with Crippen molar-refractivity contribution in [2.75, 3.05) is 13.2 Å². The van der Waals surface area contributed by atoms with Crippen LogP contribution in [0.25, 0.3) is 0 Å². The molecule has 1 unspecified atom stereocenters. The van der Waals surface area contributed by atoms with Gasteiger partial charge in [0.1, 0.15) is 13.2 Å². The van der Waals surface area contributed by atoms with Gasteiger partial charge in [0.25, 0.3) is 0 Å². The maximum atomic E-state index is 12.9. The number of carbonyl (C=O) groups excluding carboxylic acids is 3. The standard InChI is InChI=1S/C65H112O6/c1-4-7-10-13-16-19-22-25-28-31-32-35-37-40-43-46-49-52-55-58-64(67)70-61-62(71-65(68)59-56-53-50-47-44-41-38-34-30-27-24-21-18-15-12-9-6-3)60-69-63(66)57-54-51-48-45-42-39-36-33-29-26-23-20-17-14-11-8-5-2/h7,10,16,18-19,21,25,27-28,30,32,35,40,43,62H,4-6,8-9,11-15,17,20,22-24,26,29,31,33-34,36-39,41-42,44-61H2,1-3H3/b10-7-,19-16-,21-18-,28-25-,30-27-,35-32-,43-40-. The lowest BCUT2D eigenvalue weighted by Gasteiger charge is -2.18. The predicted octanol–water partition coefficient (Wildman–Crippen LogP) is 20.3. The van der Waals surface area contributed by atoms with Crippen LogP contribution in [0.2, 0.25) is 0 Å². The zero-order valence-electron chi connectivity index (χ0n) is 46.7. The Hall–Kier alpha value is -3.41. The summed E-state index contributed by atoms with van der Waals surface area (Å²) in [7, 11) is 0. The number of allylic oxidation sites excluding steroid dienone is 14. The average Bonchev–Trinajstić information content (AvgIpc) is 3.37. The van der Waals surface area contributed by atoms with Gasteiger partial charge in [-0.25, -0.2) is 0 Å². The Bertz CT molecular complexity index is 1370. The molecule has 0 amide bonds. The molecule has 0 fully saturated rings. The molecule has 0 heterocycles. The fourth-order valence-corrected chi connectivity index (χ4v) is 8.38. The Morgan fingerprint density at radius 2 is 0.549 bits per heavy atom. The lowest BCUT2D eigenvalue weighted by atomic mass is 10.0. The maximum Gasteiger partial charge on any atom is 0.306 e. The topological polar surface area (TPSA) is 78.9 Å². The summed E-state index contributed by atoms with van der Waals surface area (Å²) in [6.45, 7) is 6.50. The third-order valence-corrected chi connectivity index (χ3v) is 12.9. The Balaban J connectivity index is 4.44. The summed E-state index contributed by atoms with van der Waals surface area (Å²) in [6, 6.07) is 0. The first kappa shape index (κ1) is 67.6. The van der Waals surface area contributed by atoms with Crippen LogP contribution in [0.4, 0.5) is 0 Å². The predicted molar refractivity (Wildman–Crippen MR) is 307 cm³/mol. The molecule has 0 rings (SSSR count). The number of carbonyl (C=O) groups is 3. The summed E-state index contributed by atoms with van der Waals surface area (Å²) in [5.74, 6) is -0.919. The highest BCUT2D eigenvalue weighted by molar-refractivity contribution is 5.71. The number of rotatable bonds is 54. The molecule has 0 saturated heterocycles. The van der Waals surface area contributed by atoms with Gasteiger partial charge in [-0.05, 0) is 96.3 Å². The van der Waals surface area contributed by atoms with Gasteiger partial charge in [-0.1, -0.05) is 260 Å². The van der Waals surface area contributed by atoms with E-state index in [9.17, 15) is 14.4 Å².